The number of carbonyl (C=O) groups is 1. The molecule has 154 valence electrons. The van der Waals surface area contributed by atoms with Gasteiger partial charge in [0.15, 0.2) is 0 Å². The molecule has 30 heavy (non-hydrogen) atoms. The first kappa shape index (κ1) is 21.5. The van der Waals surface area contributed by atoms with E-state index in [1.54, 1.807) is 25.1 Å². The van der Waals surface area contributed by atoms with Gasteiger partial charge in [-0.1, -0.05) is 12.1 Å². The maximum atomic E-state index is 13.2. The highest BCUT2D eigenvalue weighted by atomic mass is 32.1. The SMILES string of the molecule is CC1C(C#N)[C@@H](c2ccc(C#N)cc2S)N(C)C(=O)N1c1cccc(C(F)(F)F)c1. The molecule has 9 heteroatoms. The number of alkyl halides is 3. The van der Waals surface area contributed by atoms with Crippen molar-refractivity contribution in [2.75, 3.05) is 11.9 Å². The van der Waals surface area contributed by atoms with E-state index in [2.05, 4.69) is 18.7 Å². The van der Waals surface area contributed by atoms with Crippen molar-refractivity contribution in [2.24, 2.45) is 5.92 Å². The van der Waals surface area contributed by atoms with Crippen molar-refractivity contribution in [3.63, 3.8) is 0 Å². The molecule has 1 aliphatic rings. The molecule has 0 N–H and O–H groups in total. The average Bonchev–Trinajstić information content (AvgIpc) is 2.70. The Balaban J connectivity index is 2.06. The van der Waals surface area contributed by atoms with Crippen LogP contribution in [0.2, 0.25) is 0 Å². The molecule has 3 atom stereocenters. The Morgan fingerprint density at radius 3 is 2.40 bits per heavy atom. The summed E-state index contributed by atoms with van der Waals surface area (Å²) >= 11 is 4.41. The van der Waals surface area contributed by atoms with Gasteiger partial charge in [0, 0.05) is 17.6 Å². The molecule has 1 fully saturated rings. The fourth-order valence-corrected chi connectivity index (χ4v) is 4.10. The number of amides is 2. The zero-order chi connectivity index (χ0) is 22.2. The lowest BCUT2D eigenvalue weighted by atomic mass is 9.84. The van der Waals surface area contributed by atoms with Gasteiger partial charge in [-0.25, -0.2) is 4.79 Å². The number of rotatable bonds is 2. The first-order valence-electron chi connectivity index (χ1n) is 8.96. The quantitative estimate of drug-likeness (QED) is 0.681. The van der Waals surface area contributed by atoms with Crippen LogP contribution in [-0.4, -0.2) is 24.0 Å². The molecule has 1 heterocycles. The van der Waals surface area contributed by atoms with Crippen molar-refractivity contribution in [3.05, 3.63) is 59.2 Å². The molecule has 0 saturated carbocycles. The van der Waals surface area contributed by atoms with Crippen LogP contribution in [0.1, 0.15) is 29.7 Å². The van der Waals surface area contributed by atoms with E-state index in [4.69, 9.17) is 5.26 Å². The van der Waals surface area contributed by atoms with Crippen LogP contribution in [-0.2, 0) is 6.18 Å². The van der Waals surface area contributed by atoms with Gasteiger partial charge in [-0.3, -0.25) is 4.90 Å². The van der Waals surface area contributed by atoms with Crippen LogP contribution in [0.5, 0.6) is 0 Å². The summed E-state index contributed by atoms with van der Waals surface area (Å²) < 4.78 is 39.4. The number of nitriles is 2. The summed E-state index contributed by atoms with van der Waals surface area (Å²) in [5, 5.41) is 18.9. The average molecular weight is 430 g/mol. The summed E-state index contributed by atoms with van der Waals surface area (Å²) in [5.41, 5.74) is 0.179. The Kier molecular flexibility index (Phi) is 5.69. The Morgan fingerprint density at radius 2 is 1.83 bits per heavy atom. The molecule has 2 aromatic carbocycles. The first-order chi connectivity index (χ1) is 14.1. The van der Waals surface area contributed by atoms with E-state index < -0.39 is 35.8 Å². The standard InChI is InChI=1S/C21H17F3N4OS/c1-12-17(11-26)19(16-7-6-13(10-25)8-18(16)30)27(2)20(29)28(12)15-5-3-4-14(9-15)21(22,23)24/h3-9,12,17,19,30H,1-2H3/t12?,17?,19-/m1/s1. The summed E-state index contributed by atoms with van der Waals surface area (Å²) in [4.78, 5) is 16.2. The van der Waals surface area contributed by atoms with Crippen LogP contribution in [0.25, 0.3) is 0 Å². The maximum Gasteiger partial charge on any atom is 0.416 e. The number of thiol groups is 1. The molecule has 2 unspecified atom stereocenters. The highest BCUT2D eigenvalue weighted by Crippen LogP contribution is 2.42. The third-order valence-electron chi connectivity index (χ3n) is 5.27. The molecule has 0 aliphatic carbocycles. The van der Waals surface area contributed by atoms with Crippen LogP contribution in [0, 0.1) is 28.6 Å². The van der Waals surface area contributed by atoms with Crippen LogP contribution in [0.4, 0.5) is 23.7 Å². The number of nitrogens with zero attached hydrogens (tertiary/aromatic N) is 4. The second-order valence-corrected chi connectivity index (χ2v) is 7.52. The van der Waals surface area contributed by atoms with Crippen molar-refractivity contribution >= 4 is 24.3 Å². The number of hydrogen-bond donors (Lipinski definition) is 1. The maximum absolute atomic E-state index is 13.2. The molecule has 2 amide bonds. The zero-order valence-corrected chi connectivity index (χ0v) is 16.9. The lowest BCUT2D eigenvalue weighted by Gasteiger charge is -2.46. The highest BCUT2D eigenvalue weighted by Gasteiger charge is 2.45. The Labute approximate surface area is 177 Å². The minimum atomic E-state index is -4.55. The smallest absolute Gasteiger partial charge is 0.319 e. The number of hydrogen-bond acceptors (Lipinski definition) is 4. The third kappa shape index (κ3) is 3.69. The van der Waals surface area contributed by atoms with Crippen molar-refractivity contribution in [1.29, 1.82) is 10.5 Å². The van der Waals surface area contributed by atoms with E-state index in [-0.39, 0.29) is 5.69 Å². The second kappa shape index (κ2) is 7.92. The largest absolute Gasteiger partial charge is 0.416 e. The Morgan fingerprint density at radius 1 is 1.13 bits per heavy atom. The van der Waals surface area contributed by atoms with Gasteiger partial charge in [0.25, 0.3) is 0 Å². The molecule has 0 radical (unpaired) electrons. The summed E-state index contributed by atoms with van der Waals surface area (Å²) in [7, 11) is 1.50. The number of carbonyl (C=O) groups excluding carboxylic acids is 1. The van der Waals surface area contributed by atoms with Crippen LogP contribution >= 0.6 is 12.6 Å². The van der Waals surface area contributed by atoms with Gasteiger partial charge in [0.1, 0.15) is 0 Å². The minimum absolute atomic E-state index is 0.0683. The van der Waals surface area contributed by atoms with E-state index in [1.807, 2.05) is 6.07 Å². The topological polar surface area (TPSA) is 71.1 Å². The van der Waals surface area contributed by atoms with E-state index in [0.29, 0.717) is 16.0 Å². The predicted molar refractivity (Wildman–Crippen MR) is 107 cm³/mol. The van der Waals surface area contributed by atoms with Gasteiger partial charge >= 0.3 is 12.2 Å². The normalized spacial score (nSPS) is 21.9. The number of halogens is 3. The fourth-order valence-electron chi connectivity index (χ4n) is 3.75. The summed E-state index contributed by atoms with van der Waals surface area (Å²) in [6.45, 7) is 1.63. The van der Waals surface area contributed by atoms with Crippen molar-refractivity contribution in [3.8, 4) is 12.1 Å². The van der Waals surface area contributed by atoms with E-state index in [9.17, 15) is 23.2 Å². The lowest BCUT2D eigenvalue weighted by Crippen LogP contribution is -2.58. The van der Waals surface area contributed by atoms with Gasteiger partial charge in [-0.2, -0.15) is 23.7 Å². The van der Waals surface area contributed by atoms with Gasteiger partial charge in [0.05, 0.1) is 41.3 Å². The number of anilines is 1. The van der Waals surface area contributed by atoms with Crippen molar-refractivity contribution < 1.29 is 18.0 Å². The Bertz CT molecular complexity index is 1070. The summed E-state index contributed by atoms with van der Waals surface area (Å²) in [6.07, 6.45) is -4.55. The van der Waals surface area contributed by atoms with E-state index in [1.165, 1.54) is 29.0 Å². The van der Waals surface area contributed by atoms with E-state index in [0.717, 1.165) is 12.1 Å². The monoisotopic (exact) mass is 430 g/mol. The zero-order valence-electron chi connectivity index (χ0n) is 16.1. The molecule has 3 rings (SSSR count). The van der Waals surface area contributed by atoms with Gasteiger partial charge in [-0.05, 0) is 42.8 Å². The molecular formula is C21H17F3N4OS. The molecule has 1 aliphatic heterocycles. The minimum Gasteiger partial charge on any atom is -0.319 e. The lowest BCUT2D eigenvalue weighted by molar-refractivity contribution is -0.137. The van der Waals surface area contributed by atoms with Crippen molar-refractivity contribution in [1.82, 2.24) is 4.90 Å². The molecule has 1 saturated heterocycles. The molecule has 0 bridgehead atoms. The molecule has 0 aromatic heterocycles. The Hall–Kier alpha value is -3.17. The second-order valence-electron chi connectivity index (χ2n) is 7.04. The van der Waals surface area contributed by atoms with Crippen LogP contribution < -0.4 is 4.90 Å². The molecule has 2 aromatic rings. The van der Waals surface area contributed by atoms with E-state index >= 15 is 0 Å². The summed E-state index contributed by atoms with van der Waals surface area (Å²) in [6, 6.07) is 11.6. The fraction of sp³-hybridized carbons (Fsp3) is 0.286. The summed E-state index contributed by atoms with van der Waals surface area (Å²) in [5.74, 6) is -0.749. The van der Waals surface area contributed by atoms with Gasteiger partial charge < -0.3 is 4.90 Å². The third-order valence-corrected chi connectivity index (χ3v) is 5.66. The van der Waals surface area contributed by atoms with Crippen LogP contribution in [0.3, 0.4) is 0 Å². The van der Waals surface area contributed by atoms with Gasteiger partial charge in [0.2, 0.25) is 0 Å². The van der Waals surface area contributed by atoms with Crippen LogP contribution in [0.15, 0.2) is 47.4 Å². The highest BCUT2D eigenvalue weighted by molar-refractivity contribution is 7.80. The van der Waals surface area contributed by atoms with Crippen molar-refractivity contribution in [2.45, 2.75) is 30.1 Å². The number of urea groups is 1. The molecule has 0 spiro atoms. The first-order valence-corrected chi connectivity index (χ1v) is 9.40. The van der Waals surface area contributed by atoms with Gasteiger partial charge in [-0.15, -0.1) is 12.6 Å². The number of benzene rings is 2. The molecular weight excluding hydrogens is 413 g/mol. The predicted octanol–water partition coefficient (Wildman–Crippen LogP) is 5.01. The molecule has 5 nitrogen and oxygen atoms in total.